The first-order chi connectivity index (χ1) is 28.6. The average molecular weight is 794 g/mol. The van der Waals surface area contributed by atoms with Gasteiger partial charge >= 0.3 is 0 Å². The maximum atomic E-state index is 13.5. The molecule has 1 aliphatic carbocycles. The summed E-state index contributed by atoms with van der Waals surface area (Å²) in [5, 5.41) is 16.0. The van der Waals surface area contributed by atoms with Crippen molar-refractivity contribution in [1.82, 2.24) is 30.4 Å². The third-order valence-electron chi connectivity index (χ3n) is 13.6. The summed E-state index contributed by atoms with van der Waals surface area (Å²) >= 11 is 0. The second-order valence-corrected chi connectivity index (χ2v) is 16.8. The van der Waals surface area contributed by atoms with E-state index in [1.807, 2.05) is 30.3 Å². The number of ether oxygens (including phenoxy) is 1. The minimum Gasteiger partial charge on any atom is -0.489 e. The van der Waals surface area contributed by atoms with Gasteiger partial charge in [-0.2, -0.15) is 5.26 Å². The molecule has 4 fully saturated rings. The van der Waals surface area contributed by atoms with E-state index >= 15 is 0 Å². The van der Waals surface area contributed by atoms with Crippen LogP contribution >= 0.6 is 0 Å². The van der Waals surface area contributed by atoms with E-state index in [-0.39, 0.29) is 36.5 Å². The lowest BCUT2D eigenvalue weighted by molar-refractivity contribution is -0.136. The number of nitrogens with one attached hydrogen (secondary N) is 2. The molecule has 4 aromatic rings. The van der Waals surface area contributed by atoms with Gasteiger partial charge in [-0.15, -0.1) is 0 Å². The van der Waals surface area contributed by atoms with Gasteiger partial charge in [-0.1, -0.05) is 0 Å². The largest absolute Gasteiger partial charge is 0.489 e. The highest BCUT2D eigenvalue weighted by molar-refractivity contribution is 6.23. The van der Waals surface area contributed by atoms with Gasteiger partial charge in [0.05, 0.1) is 33.2 Å². The molecule has 6 aliphatic rings. The van der Waals surface area contributed by atoms with E-state index in [1.165, 1.54) is 0 Å². The van der Waals surface area contributed by atoms with Gasteiger partial charge in [-0.3, -0.25) is 44.1 Å². The van der Waals surface area contributed by atoms with E-state index in [2.05, 4.69) is 43.3 Å². The van der Waals surface area contributed by atoms with Gasteiger partial charge in [0, 0.05) is 88.2 Å². The van der Waals surface area contributed by atoms with Crippen molar-refractivity contribution in [3.63, 3.8) is 0 Å². The smallest absolute Gasteiger partial charge is 0.262 e. The third kappa shape index (κ3) is 6.07. The van der Waals surface area contributed by atoms with E-state index in [0.29, 0.717) is 34.5 Å². The number of hydrogen-bond acceptors (Lipinski definition) is 12. The summed E-state index contributed by atoms with van der Waals surface area (Å²) < 4.78 is 6.36. The number of pyridine rings is 2. The highest BCUT2D eigenvalue weighted by Gasteiger charge is 2.58. The molecule has 3 saturated heterocycles. The molecule has 3 unspecified atom stereocenters. The quantitative estimate of drug-likeness (QED) is 0.262. The van der Waals surface area contributed by atoms with E-state index in [9.17, 15) is 29.2 Å². The van der Waals surface area contributed by atoms with Crippen LogP contribution < -0.4 is 25.2 Å². The number of piperazine rings is 1. The molecule has 0 radical (unpaired) electrons. The number of nitriles is 1. The summed E-state index contributed by atoms with van der Waals surface area (Å²) in [5.74, 6) is -0.0128. The van der Waals surface area contributed by atoms with Gasteiger partial charge in [0.2, 0.25) is 11.8 Å². The van der Waals surface area contributed by atoms with E-state index < -0.39 is 35.1 Å². The van der Waals surface area contributed by atoms with Crippen LogP contribution in [0.15, 0.2) is 60.9 Å². The SMILES string of the molecule is CC12c3ccnc4c(C#N)ccc(c34)O[C@@H]1CC2NC(=O)c1ccc(N2CCC(CN3CCN(c4ccc5c(c4)C(=O)N(C4CCC(=O)NC4=O)C5=O)CC3)CC2)nc1. The number of anilines is 2. The third-order valence-corrected chi connectivity index (χ3v) is 13.6. The Bertz CT molecular complexity index is 2490. The van der Waals surface area contributed by atoms with Crippen molar-refractivity contribution in [1.29, 1.82) is 5.26 Å². The Kier molecular flexibility index (Phi) is 8.86. The molecule has 59 heavy (non-hydrogen) atoms. The lowest BCUT2D eigenvalue weighted by atomic mass is 9.57. The minimum absolute atomic E-state index is 0.0882. The Hall–Kier alpha value is -6.40. The number of piperidine rings is 2. The molecule has 0 bridgehead atoms. The zero-order chi connectivity index (χ0) is 40.6. The van der Waals surface area contributed by atoms with Crippen molar-refractivity contribution in [3.8, 4) is 11.8 Å². The van der Waals surface area contributed by atoms with Crippen molar-refractivity contribution in [2.24, 2.45) is 5.92 Å². The summed E-state index contributed by atoms with van der Waals surface area (Å²) in [6.07, 6.45) is 6.28. The van der Waals surface area contributed by atoms with Gasteiger partial charge in [-0.05, 0) is 86.2 Å². The number of nitrogens with zero attached hydrogens (tertiary/aromatic N) is 7. The maximum Gasteiger partial charge on any atom is 0.262 e. The molecule has 5 aliphatic heterocycles. The summed E-state index contributed by atoms with van der Waals surface area (Å²) in [4.78, 5) is 81.3. The van der Waals surface area contributed by atoms with Gasteiger partial charge in [-0.25, -0.2) is 4.98 Å². The van der Waals surface area contributed by atoms with Crippen LogP contribution in [0.2, 0.25) is 0 Å². The van der Waals surface area contributed by atoms with Gasteiger partial charge in [0.25, 0.3) is 17.7 Å². The molecule has 2 aromatic carbocycles. The Morgan fingerprint density at radius 2 is 1.73 bits per heavy atom. The zero-order valence-corrected chi connectivity index (χ0v) is 32.6. The molecule has 15 nitrogen and oxygen atoms in total. The fourth-order valence-corrected chi connectivity index (χ4v) is 10.0. The van der Waals surface area contributed by atoms with Crippen LogP contribution in [0.4, 0.5) is 11.5 Å². The van der Waals surface area contributed by atoms with Gasteiger partial charge < -0.3 is 19.9 Å². The number of imide groups is 2. The normalized spacial score (nSPS) is 25.5. The van der Waals surface area contributed by atoms with Crippen molar-refractivity contribution in [3.05, 3.63) is 88.7 Å². The van der Waals surface area contributed by atoms with Crippen molar-refractivity contribution < 1.29 is 28.7 Å². The first-order valence-corrected chi connectivity index (χ1v) is 20.4. The Labute approximate surface area is 340 Å². The average Bonchev–Trinajstić information content (AvgIpc) is 3.50. The number of aromatic nitrogens is 2. The zero-order valence-electron chi connectivity index (χ0n) is 32.6. The molecule has 300 valence electrons. The van der Waals surface area contributed by atoms with E-state index in [4.69, 9.17) is 9.72 Å². The Morgan fingerprint density at radius 3 is 2.47 bits per heavy atom. The fraction of sp³-hybridized carbons (Fsp3) is 0.409. The number of carbonyl (C=O) groups excluding carboxylic acids is 5. The molecule has 4 atom stereocenters. The molecule has 5 amide bonds. The van der Waals surface area contributed by atoms with Crippen LogP contribution in [0, 0.1) is 17.2 Å². The first-order valence-electron chi connectivity index (χ1n) is 20.4. The van der Waals surface area contributed by atoms with Crippen LogP contribution in [0.25, 0.3) is 10.9 Å². The second-order valence-electron chi connectivity index (χ2n) is 16.8. The van der Waals surface area contributed by atoms with Crippen LogP contribution in [0.1, 0.15) is 81.2 Å². The number of fused-ring (bicyclic) bond motifs is 3. The Balaban J connectivity index is 0.703. The predicted octanol–water partition coefficient (Wildman–Crippen LogP) is 3.16. The summed E-state index contributed by atoms with van der Waals surface area (Å²) in [6, 6.07) is 15.8. The Morgan fingerprint density at radius 1 is 0.932 bits per heavy atom. The van der Waals surface area contributed by atoms with Gasteiger partial charge in [0.15, 0.2) is 0 Å². The highest BCUT2D eigenvalue weighted by atomic mass is 16.5. The molecule has 7 heterocycles. The van der Waals surface area contributed by atoms with Crippen molar-refractivity contribution in [2.75, 3.05) is 55.6 Å². The molecule has 10 rings (SSSR count). The van der Waals surface area contributed by atoms with Gasteiger partial charge in [0.1, 0.15) is 29.8 Å². The molecule has 2 N–H and O–H groups in total. The van der Waals surface area contributed by atoms with Crippen LogP contribution in [-0.4, -0.2) is 113 Å². The van der Waals surface area contributed by atoms with Crippen LogP contribution in [0.3, 0.4) is 0 Å². The summed E-state index contributed by atoms with van der Waals surface area (Å²) in [6.45, 7) is 8.24. The van der Waals surface area contributed by atoms with E-state index in [1.54, 1.807) is 30.6 Å². The molecule has 15 heteroatoms. The number of hydrogen-bond donors (Lipinski definition) is 2. The first kappa shape index (κ1) is 36.9. The highest BCUT2D eigenvalue weighted by Crippen LogP contribution is 2.53. The topological polar surface area (TPSA) is 181 Å². The standard InChI is InChI=1S/C44H43N9O6/c1-44-31-10-13-46-39-26(22-45)2-7-33(38(31)39)59-35(44)21-34(44)48-40(55)27-3-8-36(47-23-27)52-14-11-25(12-15-52)24-50-16-18-51(19-17-50)28-4-5-29-30(20-28)43(58)53(42(29)57)32-6-9-37(54)49-41(32)56/h2-5,7-8,10,13,20,23,25,32,34-35H,6,9,11-12,14-19,21,24H2,1H3,(H,48,55)(H,49,54,56)/t32?,34?,35-,44?/m1/s1. The number of amides is 5. The maximum absolute atomic E-state index is 13.5. The van der Waals surface area contributed by atoms with Crippen LogP contribution in [0.5, 0.6) is 5.75 Å². The fourth-order valence-electron chi connectivity index (χ4n) is 10.0. The lowest BCUT2D eigenvalue weighted by Gasteiger charge is -2.56. The number of rotatable bonds is 7. The molecule has 0 spiro atoms. The van der Waals surface area contributed by atoms with Crippen molar-refractivity contribution >= 4 is 51.9 Å². The molecule has 2 aromatic heterocycles. The van der Waals surface area contributed by atoms with Crippen molar-refractivity contribution in [2.45, 2.75) is 62.6 Å². The second kappa shape index (κ2) is 14.2. The molecule has 1 saturated carbocycles. The minimum atomic E-state index is -0.978. The number of benzene rings is 2. The molecular weight excluding hydrogens is 751 g/mol. The number of carbonyl (C=O) groups is 5. The van der Waals surface area contributed by atoms with Crippen LogP contribution in [-0.2, 0) is 15.0 Å². The lowest BCUT2D eigenvalue weighted by Crippen LogP contribution is -2.68. The van der Waals surface area contributed by atoms with E-state index in [0.717, 1.165) is 91.8 Å². The predicted molar refractivity (Wildman–Crippen MR) is 215 cm³/mol. The monoisotopic (exact) mass is 793 g/mol. The summed E-state index contributed by atoms with van der Waals surface area (Å²) in [5.41, 5.74) is 3.68. The summed E-state index contributed by atoms with van der Waals surface area (Å²) in [7, 11) is 0. The molecular formula is C44H43N9O6.